The van der Waals surface area contributed by atoms with Crippen molar-refractivity contribution in [3.05, 3.63) is 84.2 Å². The van der Waals surface area contributed by atoms with Crippen molar-refractivity contribution in [2.24, 2.45) is 7.05 Å². The summed E-state index contributed by atoms with van der Waals surface area (Å²) >= 11 is 0. The minimum absolute atomic E-state index is 0.0202. The lowest BCUT2D eigenvalue weighted by Crippen LogP contribution is -1.95. The monoisotopic (exact) mass is 312 g/mol. The summed E-state index contributed by atoms with van der Waals surface area (Å²) in [7, 11) is 2.03. The SMILES string of the molecule is Cn1c2ccccc2c2ccnc(/C=C/C(=O)c3ccccc3)c21. The van der Waals surface area contributed by atoms with E-state index in [0.29, 0.717) is 5.56 Å². The highest BCUT2D eigenvalue weighted by Crippen LogP contribution is 2.29. The summed E-state index contributed by atoms with van der Waals surface area (Å²) in [6.45, 7) is 0. The first-order chi connectivity index (χ1) is 11.8. The highest BCUT2D eigenvalue weighted by molar-refractivity contribution is 6.11. The second-order valence-corrected chi connectivity index (χ2v) is 5.73. The standard InChI is InChI=1S/C21H16N2O/c1-23-19-10-6-5-9-16(19)17-13-14-22-18(21(17)23)11-12-20(24)15-7-3-2-4-8-15/h2-14H,1H3/b12-11+. The number of hydrogen-bond donors (Lipinski definition) is 0. The summed E-state index contributed by atoms with van der Waals surface area (Å²) in [5.74, 6) is -0.0202. The molecule has 2 heterocycles. The number of pyridine rings is 1. The van der Waals surface area contributed by atoms with E-state index in [1.807, 2.05) is 55.6 Å². The van der Waals surface area contributed by atoms with Gasteiger partial charge in [0.1, 0.15) is 0 Å². The Morgan fingerprint density at radius 2 is 1.71 bits per heavy atom. The van der Waals surface area contributed by atoms with Crippen molar-refractivity contribution in [1.29, 1.82) is 0 Å². The Labute approximate surface area is 139 Å². The first-order valence-electron chi connectivity index (χ1n) is 7.85. The van der Waals surface area contributed by atoms with E-state index in [2.05, 4.69) is 21.7 Å². The molecule has 0 amide bonds. The summed E-state index contributed by atoms with van der Waals surface area (Å²) in [5.41, 5.74) is 3.67. The van der Waals surface area contributed by atoms with Crippen LogP contribution in [0.4, 0.5) is 0 Å². The third-order valence-corrected chi connectivity index (χ3v) is 4.29. The van der Waals surface area contributed by atoms with Crippen LogP contribution in [0.25, 0.3) is 27.9 Å². The lowest BCUT2D eigenvalue weighted by molar-refractivity contribution is 0.104. The first kappa shape index (κ1) is 14.4. The first-order valence-corrected chi connectivity index (χ1v) is 7.85. The topological polar surface area (TPSA) is 34.9 Å². The summed E-state index contributed by atoms with van der Waals surface area (Å²) in [6, 6.07) is 19.6. The van der Waals surface area contributed by atoms with Crippen molar-refractivity contribution < 1.29 is 4.79 Å². The zero-order valence-electron chi connectivity index (χ0n) is 13.3. The Balaban J connectivity index is 1.83. The fourth-order valence-corrected chi connectivity index (χ4v) is 3.13. The molecule has 24 heavy (non-hydrogen) atoms. The number of carbonyl (C=O) groups excluding carboxylic acids is 1. The summed E-state index contributed by atoms with van der Waals surface area (Å²) in [4.78, 5) is 16.8. The number of carbonyl (C=O) groups is 1. The predicted molar refractivity (Wildman–Crippen MR) is 98.0 cm³/mol. The average molecular weight is 312 g/mol. The highest BCUT2D eigenvalue weighted by atomic mass is 16.1. The maximum Gasteiger partial charge on any atom is 0.185 e. The molecule has 0 aliphatic heterocycles. The molecular formula is C21H16N2O. The van der Waals surface area contributed by atoms with Crippen LogP contribution in [-0.2, 0) is 7.05 Å². The van der Waals surface area contributed by atoms with Gasteiger partial charge in [0.25, 0.3) is 0 Å². The molecule has 0 aliphatic carbocycles. The molecule has 2 aromatic carbocycles. The maximum absolute atomic E-state index is 12.3. The van der Waals surface area contributed by atoms with Crippen molar-refractivity contribution in [2.75, 3.05) is 0 Å². The van der Waals surface area contributed by atoms with E-state index in [1.54, 1.807) is 18.3 Å². The number of aryl methyl sites for hydroxylation is 1. The van der Waals surface area contributed by atoms with E-state index in [4.69, 9.17) is 0 Å². The van der Waals surface area contributed by atoms with E-state index in [0.717, 1.165) is 22.1 Å². The van der Waals surface area contributed by atoms with Crippen LogP contribution >= 0.6 is 0 Å². The minimum Gasteiger partial charge on any atom is -0.342 e. The summed E-state index contributed by atoms with van der Waals surface area (Å²) in [6.07, 6.45) is 5.19. The third kappa shape index (κ3) is 2.31. The zero-order chi connectivity index (χ0) is 16.5. The van der Waals surface area contributed by atoms with Gasteiger partial charge in [0.2, 0.25) is 0 Å². The van der Waals surface area contributed by atoms with Crippen molar-refractivity contribution in [3.8, 4) is 0 Å². The molecule has 0 unspecified atom stereocenters. The Morgan fingerprint density at radius 3 is 2.54 bits per heavy atom. The second-order valence-electron chi connectivity index (χ2n) is 5.73. The van der Waals surface area contributed by atoms with Gasteiger partial charge in [0.05, 0.1) is 11.2 Å². The van der Waals surface area contributed by atoms with Crippen LogP contribution in [0.5, 0.6) is 0 Å². The molecule has 0 radical (unpaired) electrons. The third-order valence-electron chi connectivity index (χ3n) is 4.29. The van der Waals surface area contributed by atoms with Gasteiger partial charge in [0.15, 0.2) is 5.78 Å². The van der Waals surface area contributed by atoms with Gasteiger partial charge in [-0.05, 0) is 24.3 Å². The van der Waals surface area contributed by atoms with E-state index in [-0.39, 0.29) is 5.78 Å². The summed E-state index contributed by atoms with van der Waals surface area (Å²) in [5, 5.41) is 2.34. The molecule has 2 aromatic heterocycles. The number of nitrogens with zero attached hydrogens (tertiary/aromatic N) is 2. The van der Waals surface area contributed by atoms with Crippen LogP contribution in [0.1, 0.15) is 16.1 Å². The Bertz CT molecular complexity index is 1080. The largest absolute Gasteiger partial charge is 0.342 e. The van der Waals surface area contributed by atoms with Gasteiger partial charge in [-0.15, -0.1) is 0 Å². The molecule has 3 nitrogen and oxygen atoms in total. The van der Waals surface area contributed by atoms with E-state index in [9.17, 15) is 4.79 Å². The van der Waals surface area contributed by atoms with E-state index < -0.39 is 0 Å². The second kappa shape index (κ2) is 5.78. The number of benzene rings is 2. The molecule has 0 saturated heterocycles. The molecule has 0 fully saturated rings. The molecule has 4 rings (SSSR count). The highest BCUT2D eigenvalue weighted by Gasteiger charge is 2.11. The predicted octanol–water partition coefficient (Wildman–Crippen LogP) is 4.62. The maximum atomic E-state index is 12.3. The Morgan fingerprint density at radius 1 is 0.958 bits per heavy atom. The number of allylic oxidation sites excluding steroid dienone is 1. The number of fused-ring (bicyclic) bond motifs is 3. The molecule has 116 valence electrons. The van der Waals surface area contributed by atoms with Crippen molar-refractivity contribution in [3.63, 3.8) is 0 Å². The normalized spacial score (nSPS) is 11.5. The molecule has 3 heteroatoms. The molecular weight excluding hydrogens is 296 g/mol. The molecule has 0 bridgehead atoms. The summed E-state index contributed by atoms with van der Waals surface area (Å²) < 4.78 is 2.13. The molecule has 0 spiro atoms. The number of hydrogen-bond acceptors (Lipinski definition) is 2. The fourth-order valence-electron chi connectivity index (χ4n) is 3.13. The molecule has 0 aliphatic rings. The number of aromatic nitrogens is 2. The van der Waals surface area contributed by atoms with Gasteiger partial charge >= 0.3 is 0 Å². The van der Waals surface area contributed by atoms with Gasteiger partial charge in [-0.25, -0.2) is 0 Å². The number of ketones is 1. The van der Waals surface area contributed by atoms with Crippen LogP contribution in [0, 0.1) is 0 Å². The van der Waals surface area contributed by atoms with Gasteiger partial charge in [0, 0.05) is 35.1 Å². The number of para-hydroxylation sites is 1. The van der Waals surface area contributed by atoms with Crippen LogP contribution < -0.4 is 0 Å². The van der Waals surface area contributed by atoms with Gasteiger partial charge < -0.3 is 4.57 Å². The molecule has 0 atom stereocenters. The van der Waals surface area contributed by atoms with Crippen LogP contribution in [0.3, 0.4) is 0 Å². The lowest BCUT2D eigenvalue weighted by Gasteiger charge is -2.01. The quantitative estimate of drug-likeness (QED) is 0.408. The Hall–Kier alpha value is -3.20. The van der Waals surface area contributed by atoms with Crippen molar-refractivity contribution in [1.82, 2.24) is 9.55 Å². The van der Waals surface area contributed by atoms with Crippen molar-refractivity contribution in [2.45, 2.75) is 0 Å². The minimum atomic E-state index is -0.0202. The molecule has 4 aromatic rings. The zero-order valence-corrected chi connectivity index (χ0v) is 13.3. The number of rotatable bonds is 3. The van der Waals surface area contributed by atoms with Crippen LogP contribution in [0.2, 0.25) is 0 Å². The van der Waals surface area contributed by atoms with E-state index in [1.165, 1.54) is 5.39 Å². The fraction of sp³-hybridized carbons (Fsp3) is 0.0476. The molecule has 0 N–H and O–H groups in total. The lowest BCUT2D eigenvalue weighted by atomic mass is 10.1. The molecule has 0 saturated carbocycles. The van der Waals surface area contributed by atoms with Gasteiger partial charge in [-0.1, -0.05) is 48.5 Å². The average Bonchev–Trinajstić information content (AvgIpc) is 2.94. The van der Waals surface area contributed by atoms with Crippen LogP contribution in [-0.4, -0.2) is 15.3 Å². The van der Waals surface area contributed by atoms with Gasteiger partial charge in [-0.2, -0.15) is 0 Å². The Kier molecular flexibility index (Phi) is 3.47. The van der Waals surface area contributed by atoms with Crippen molar-refractivity contribution >= 4 is 33.7 Å². The van der Waals surface area contributed by atoms with Crippen LogP contribution in [0.15, 0.2) is 72.9 Å². The van der Waals surface area contributed by atoms with Gasteiger partial charge in [-0.3, -0.25) is 9.78 Å². The smallest absolute Gasteiger partial charge is 0.185 e. The van der Waals surface area contributed by atoms with E-state index >= 15 is 0 Å².